The molecule has 0 aliphatic carbocycles. The second kappa shape index (κ2) is 10.8. The van der Waals surface area contributed by atoms with E-state index in [2.05, 4.69) is 169 Å². The molecule has 0 aliphatic heterocycles. The van der Waals surface area contributed by atoms with E-state index >= 15 is 0 Å². The van der Waals surface area contributed by atoms with Crippen LogP contribution in [-0.2, 0) is 0 Å². The Hall–Kier alpha value is -5.94. The zero-order valence-corrected chi connectivity index (χ0v) is 28.4. The molecule has 8 aromatic carbocycles. The average Bonchev–Trinajstić information content (AvgIpc) is 3.86. The molecular formula is C46H27NOS2. The number of anilines is 3. The number of hydrogen-bond acceptors (Lipinski definition) is 4. The van der Waals surface area contributed by atoms with Gasteiger partial charge in [-0.1, -0.05) is 97.1 Å². The van der Waals surface area contributed by atoms with Gasteiger partial charge in [0.25, 0.3) is 0 Å². The van der Waals surface area contributed by atoms with E-state index in [1.807, 2.05) is 22.7 Å². The quantitative estimate of drug-likeness (QED) is 0.185. The summed E-state index contributed by atoms with van der Waals surface area (Å²) in [4.78, 5) is 2.40. The van der Waals surface area contributed by atoms with E-state index in [4.69, 9.17) is 4.42 Å². The third-order valence-electron chi connectivity index (χ3n) is 10.1. The van der Waals surface area contributed by atoms with Crippen LogP contribution in [0.3, 0.4) is 0 Å². The predicted molar refractivity (Wildman–Crippen MR) is 217 cm³/mol. The van der Waals surface area contributed by atoms with E-state index in [1.54, 1.807) is 0 Å². The Morgan fingerprint density at radius 1 is 0.400 bits per heavy atom. The zero-order chi connectivity index (χ0) is 32.8. The van der Waals surface area contributed by atoms with Crippen LogP contribution in [0.5, 0.6) is 0 Å². The van der Waals surface area contributed by atoms with Crippen LogP contribution in [0, 0.1) is 0 Å². The van der Waals surface area contributed by atoms with Gasteiger partial charge in [0.2, 0.25) is 0 Å². The molecular weight excluding hydrogens is 647 g/mol. The van der Waals surface area contributed by atoms with Gasteiger partial charge in [-0.25, -0.2) is 0 Å². The van der Waals surface area contributed by atoms with Crippen molar-refractivity contribution in [3.8, 4) is 11.1 Å². The van der Waals surface area contributed by atoms with E-state index < -0.39 is 0 Å². The van der Waals surface area contributed by atoms with Gasteiger partial charge < -0.3 is 9.32 Å². The Balaban J connectivity index is 1.11. The molecule has 0 saturated carbocycles. The van der Waals surface area contributed by atoms with Crippen LogP contribution < -0.4 is 4.90 Å². The maximum absolute atomic E-state index is 6.65. The number of nitrogens with zero attached hydrogens (tertiary/aromatic N) is 1. The lowest BCUT2D eigenvalue weighted by molar-refractivity contribution is 0.672. The lowest BCUT2D eigenvalue weighted by atomic mass is 10.0. The highest BCUT2D eigenvalue weighted by molar-refractivity contribution is 7.26. The number of furan rings is 1. The summed E-state index contributed by atoms with van der Waals surface area (Å²) in [5.74, 6) is 0. The Bertz CT molecular complexity index is 3110. The molecule has 0 aliphatic rings. The summed E-state index contributed by atoms with van der Waals surface area (Å²) >= 11 is 3.71. The van der Waals surface area contributed by atoms with Crippen molar-refractivity contribution in [2.45, 2.75) is 0 Å². The monoisotopic (exact) mass is 673 g/mol. The van der Waals surface area contributed by atoms with Gasteiger partial charge in [-0.2, -0.15) is 0 Å². The molecule has 0 bridgehead atoms. The third kappa shape index (κ3) is 4.19. The molecule has 0 N–H and O–H groups in total. The van der Waals surface area contributed by atoms with Gasteiger partial charge in [0.05, 0.1) is 11.1 Å². The molecule has 234 valence electrons. The van der Waals surface area contributed by atoms with Gasteiger partial charge in [0.15, 0.2) is 0 Å². The summed E-state index contributed by atoms with van der Waals surface area (Å²) < 4.78 is 11.9. The van der Waals surface area contributed by atoms with Crippen LogP contribution in [0.25, 0.3) is 84.2 Å². The zero-order valence-electron chi connectivity index (χ0n) is 26.8. The maximum Gasteiger partial charge on any atom is 0.143 e. The first-order valence-electron chi connectivity index (χ1n) is 16.8. The van der Waals surface area contributed by atoms with Crippen LogP contribution in [0.4, 0.5) is 17.1 Å². The molecule has 11 aromatic rings. The fraction of sp³-hybridized carbons (Fsp3) is 0. The highest BCUT2D eigenvalue weighted by Gasteiger charge is 2.21. The minimum atomic E-state index is 0.884. The molecule has 4 heteroatoms. The van der Waals surface area contributed by atoms with Gasteiger partial charge in [-0.05, 0) is 83.2 Å². The van der Waals surface area contributed by atoms with Crippen molar-refractivity contribution >= 4 is 113 Å². The molecule has 3 heterocycles. The third-order valence-corrected chi connectivity index (χ3v) is 12.3. The molecule has 0 spiro atoms. The lowest BCUT2D eigenvalue weighted by Gasteiger charge is -2.26. The van der Waals surface area contributed by atoms with Crippen molar-refractivity contribution in [3.63, 3.8) is 0 Å². The molecule has 0 atom stereocenters. The highest BCUT2D eigenvalue weighted by Crippen LogP contribution is 2.46. The largest absolute Gasteiger partial charge is 0.455 e. The molecule has 50 heavy (non-hydrogen) atoms. The van der Waals surface area contributed by atoms with Gasteiger partial charge in [-0.3, -0.25) is 0 Å². The van der Waals surface area contributed by atoms with E-state index in [-0.39, 0.29) is 0 Å². The molecule has 11 rings (SSSR count). The first-order valence-corrected chi connectivity index (χ1v) is 18.5. The normalized spacial score (nSPS) is 12.0. The molecule has 0 saturated heterocycles. The summed E-state index contributed by atoms with van der Waals surface area (Å²) in [6.07, 6.45) is 0. The van der Waals surface area contributed by atoms with Crippen molar-refractivity contribution in [1.29, 1.82) is 0 Å². The van der Waals surface area contributed by atoms with Crippen LogP contribution in [0.1, 0.15) is 0 Å². The van der Waals surface area contributed by atoms with Crippen LogP contribution in [0.2, 0.25) is 0 Å². The van der Waals surface area contributed by atoms with Crippen molar-refractivity contribution in [1.82, 2.24) is 0 Å². The SMILES string of the molecule is c1ccc2c(c1)ccc1c2oc2cccc(N(c3ccc(-c4ccc5sc6ccccc6c5c4)cc3)c3ccc4c(c3)sc3ccccc34)c21. The number of benzene rings is 8. The van der Waals surface area contributed by atoms with Gasteiger partial charge in [-0.15, -0.1) is 22.7 Å². The van der Waals surface area contributed by atoms with Crippen molar-refractivity contribution < 1.29 is 4.42 Å². The smallest absolute Gasteiger partial charge is 0.143 e. The summed E-state index contributed by atoms with van der Waals surface area (Å²) in [6, 6.07) is 59.5. The Kier molecular flexibility index (Phi) is 6.03. The Morgan fingerprint density at radius 2 is 1.04 bits per heavy atom. The van der Waals surface area contributed by atoms with Gasteiger partial charge in [0.1, 0.15) is 11.2 Å². The first-order chi connectivity index (χ1) is 24.8. The van der Waals surface area contributed by atoms with E-state index in [1.165, 1.54) is 56.9 Å². The minimum Gasteiger partial charge on any atom is -0.455 e. The lowest BCUT2D eigenvalue weighted by Crippen LogP contribution is -2.10. The fourth-order valence-electron chi connectivity index (χ4n) is 7.71. The van der Waals surface area contributed by atoms with E-state index in [0.717, 1.165) is 44.4 Å². The predicted octanol–water partition coefficient (Wildman–Crippen LogP) is 14.6. The van der Waals surface area contributed by atoms with Crippen LogP contribution in [0.15, 0.2) is 168 Å². The van der Waals surface area contributed by atoms with Gasteiger partial charge >= 0.3 is 0 Å². The fourth-order valence-corrected chi connectivity index (χ4v) is 9.94. The van der Waals surface area contributed by atoms with Crippen molar-refractivity contribution in [3.05, 3.63) is 164 Å². The molecule has 0 amide bonds. The summed E-state index contributed by atoms with van der Waals surface area (Å²) in [5.41, 5.74) is 7.54. The van der Waals surface area contributed by atoms with Gasteiger partial charge in [0, 0.05) is 62.5 Å². The summed E-state index contributed by atoms with van der Waals surface area (Å²) in [7, 11) is 0. The van der Waals surface area contributed by atoms with Crippen LogP contribution >= 0.6 is 22.7 Å². The summed E-state index contributed by atoms with van der Waals surface area (Å²) in [5, 5.41) is 9.78. The summed E-state index contributed by atoms with van der Waals surface area (Å²) in [6.45, 7) is 0. The minimum absolute atomic E-state index is 0.884. The molecule has 0 unspecified atom stereocenters. The topological polar surface area (TPSA) is 16.4 Å². The maximum atomic E-state index is 6.65. The van der Waals surface area contributed by atoms with E-state index in [9.17, 15) is 0 Å². The Labute approximate surface area is 295 Å². The number of hydrogen-bond donors (Lipinski definition) is 0. The first kappa shape index (κ1) is 28.0. The molecule has 3 aromatic heterocycles. The van der Waals surface area contributed by atoms with E-state index in [0.29, 0.717) is 0 Å². The Morgan fingerprint density at radius 3 is 1.88 bits per heavy atom. The van der Waals surface area contributed by atoms with Crippen molar-refractivity contribution in [2.75, 3.05) is 4.90 Å². The van der Waals surface area contributed by atoms with Crippen LogP contribution in [-0.4, -0.2) is 0 Å². The standard InChI is InChI=1S/C46H27NOS2/c1-2-9-33-29(8-1)18-23-37-45-39(12-7-13-40(45)48-46(33)37)47(32-22-24-36-34-10-3-5-14-41(34)50-44(36)27-32)31-20-16-28(17-21-31)30-19-25-43-38(26-30)35-11-4-6-15-42(35)49-43/h1-27H. The average molecular weight is 674 g/mol. The number of rotatable bonds is 4. The van der Waals surface area contributed by atoms with Crippen molar-refractivity contribution in [2.24, 2.45) is 0 Å². The number of thiophene rings is 2. The number of fused-ring (bicyclic) bond motifs is 11. The molecule has 0 radical (unpaired) electrons. The highest BCUT2D eigenvalue weighted by atomic mass is 32.1. The second-order valence-electron chi connectivity index (χ2n) is 12.9. The molecule has 2 nitrogen and oxygen atoms in total. The molecule has 0 fully saturated rings. The second-order valence-corrected chi connectivity index (χ2v) is 15.1.